The van der Waals surface area contributed by atoms with Crippen molar-refractivity contribution in [1.82, 2.24) is 15.0 Å². The van der Waals surface area contributed by atoms with Gasteiger partial charge in [0.15, 0.2) is 0 Å². The molecule has 1 aromatic heterocycles. The topological polar surface area (TPSA) is 98.0 Å². The Morgan fingerprint density at radius 2 is 1.88 bits per heavy atom. The van der Waals surface area contributed by atoms with Crippen LogP contribution in [-0.4, -0.2) is 28.1 Å². The number of rotatable bonds is 6. The molecular formula is C10H20N6O. The summed E-state index contributed by atoms with van der Waals surface area (Å²) < 4.78 is 4.97. The number of ether oxygens (including phenoxy) is 1. The second-order valence-corrected chi connectivity index (χ2v) is 3.93. The zero-order valence-electron chi connectivity index (χ0n) is 10.7. The molecule has 96 valence electrons. The van der Waals surface area contributed by atoms with Gasteiger partial charge in [-0.05, 0) is 12.8 Å². The Labute approximate surface area is 101 Å². The fourth-order valence-corrected chi connectivity index (χ4v) is 1.28. The van der Waals surface area contributed by atoms with Crippen molar-refractivity contribution in [2.45, 2.75) is 33.2 Å². The van der Waals surface area contributed by atoms with Crippen molar-refractivity contribution in [2.24, 2.45) is 11.8 Å². The first-order valence-corrected chi connectivity index (χ1v) is 5.63. The predicted molar refractivity (Wildman–Crippen MR) is 66.7 cm³/mol. The Hall–Kier alpha value is -1.63. The third kappa shape index (κ3) is 3.70. The summed E-state index contributed by atoms with van der Waals surface area (Å²) in [7, 11) is 1.50. The van der Waals surface area contributed by atoms with E-state index in [0.29, 0.717) is 11.9 Å². The second kappa shape index (κ2) is 6.19. The van der Waals surface area contributed by atoms with Gasteiger partial charge in [-0.25, -0.2) is 5.84 Å². The summed E-state index contributed by atoms with van der Waals surface area (Å²) in [6, 6.07) is 0.490. The van der Waals surface area contributed by atoms with Crippen LogP contribution in [0.4, 0.5) is 11.9 Å². The molecule has 1 rings (SSSR count). The molecule has 0 radical (unpaired) electrons. The highest BCUT2D eigenvalue weighted by Gasteiger charge is 2.13. The average molecular weight is 240 g/mol. The Morgan fingerprint density at radius 3 is 2.41 bits per heavy atom. The van der Waals surface area contributed by atoms with Crippen LogP contribution >= 0.6 is 0 Å². The number of anilines is 2. The number of nitrogens with two attached hydrogens (primary N) is 1. The maximum Gasteiger partial charge on any atom is 0.322 e. The van der Waals surface area contributed by atoms with E-state index in [9.17, 15) is 0 Å². The Kier molecular flexibility index (Phi) is 4.89. The van der Waals surface area contributed by atoms with E-state index in [1.807, 2.05) is 0 Å². The maximum atomic E-state index is 5.27. The van der Waals surface area contributed by atoms with Crippen LogP contribution in [0.1, 0.15) is 27.2 Å². The number of nitrogens with zero attached hydrogens (tertiary/aromatic N) is 3. The summed E-state index contributed by atoms with van der Waals surface area (Å²) in [5.74, 6) is 6.52. The Morgan fingerprint density at radius 1 is 1.24 bits per heavy atom. The van der Waals surface area contributed by atoms with Gasteiger partial charge >= 0.3 is 6.01 Å². The molecule has 4 N–H and O–H groups in total. The SMILES string of the molecule is CCC(C)C(C)Nc1nc(NN)nc(OC)n1. The van der Waals surface area contributed by atoms with E-state index in [1.165, 1.54) is 7.11 Å². The summed E-state index contributed by atoms with van der Waals surface area (Å²) in [5.41, 5.74) is 2.38. The third-order valence-electron chi connectivity index (χ3n) is 2.78. The van der Waals surface area contributed by atoms with E-state index < -0.39 is 0 Å². The summed E-state index contributed by atoms with van der Waals surface area (Å²) in [4.78, 5) is 12.1. The zero-order chi connectivity index (χ0) is 12.8. The molecule has 2 unspecified atom stereocenters. The van der Waals surface area contributed by atoms with Crippen LogP contribution in [-0.2, 0) is 0 Å². The highest BCUT2D eigenvalue weighted by Crippen LogP contribution is 2.14. The molecule has 0 saturated carbocycles. The van der Waals surface area contributed by atoms with Gasteiger partial charge in [-0.1, -0.05) is 20.3 Å². The van der Waals surface area contributed by atoms with Crippen molar-refractivity contribution in [3.8, 4) is 6.01 Å². The predicted octanol–water partition coefficient (Wildman–Crippen LogP) is 1.01. The number of hydrogen-bond acceptors (Lipinski definition) is 7. The first-order chi connectivity index (χ1) is 8.10. The molecule has 0 aliphatic heterocycles. The molecule has 7 heteroatoms. The van der Waals surface area contributed by atoms with Crippen molar-refractivity contribution < 1.29 is 4.74 Å². The van der Waals surface area contributed by atoms with E-state index in [0.717, 1.165) is 6.42 Å². The largest absolute Gasteiger partial charge is 0.467 e. The number of methoxy groups -OCH3 is 1. The van der Waals surface area contributed by atoms with Crippen molar-refractivity contribution in [2.75, 3.05) is 17.9 Å². The molecule has 2 atom stereocenters. The minimum absolute atomic E-state index is 0.229. The van der Waals surface area contributed by atoms with Gasteiger partial charge < -0.3 is 10.1 Å². The lowest BCUT2D eigenvalue weighted by Crippen LogP contribution is -2.25. The summed E-state index contributed by atoms with van der Waals surface area (Å²) in [6.45, 7) is 6.39. The van der Waals surface area contributed by atoms with Gasteiger partial charge in [-0.3, -0.25) is 5.43 Å². The van der Waals surface area contributed by atoms with Crippen molar-refractivity contribution in [3.63, 3.8) is 0 Å². The Bertz CT molecular complexity index is 336. The molecule has 0 amide bonds. The third-order valence-corrected chi connectivity index (χ3v) is 2.78. The van der Waals surface area contributed by atoms with Crippen molar-refractivity contribution in [3.05, 3.63) is 0 Å². The van der Waals surface area contributed by atoms with Gasteiger partial charge in [-0.2, -0.15) is 15.0 Å². The fourth-order valence-electron chi connectivity index (χ4n) is 1.28. The van der Waals surface area contributed by atoms with E-state index >= 15 is 0 Å². The molecule has 7 nitrogen and oxygen atoms in total. The molecule has 0 saturated heterocycles. The molecule has 1 heterocycles. The van der Waals surface area contributed by atoms with Gasteiger partial charge in [0.25, 0.3) is 0 Å². The van der Waals surface area contributed by atoms with E-state index in [-0.39, 0.29) is 18.0 Å². The quantitative estimate of drug-likeness (QED) is 0.504. The van der Waals surface area contributed by atoms with Crippen LogP contribution in [0, 0.1) is 5.92 Å². The maximum absolute atomic E-state index is 5.27. The van der Waals surface area contributed by atoms with Gasteiger partial charge in [0.05, 0.1) is 7.11 Å². The van der Waals surface area contributed by atoms with Crippen LogP contribution in [0.25, 0.3) is 0 Å². The normalized spacial score (nSPS) is 13.9. The minimum Gasteiger partial charge on any atom is -0.467 e. The first kappa shape index (κ1) is 13.4. The molecule has 0 fully saturated rings. The summed E-state index contributed by atoms with van der Waals surface area (Å²) in [6.07, 6.45) is 1.08. The highest BCUT2D eigenvalue weighted by molar-refractivity contribution is 5.35. The lowest BCUT2D eigenvalue weighted by atomic mass is 10.0. The first-order valence-electron chi connectivity index (χ1n) is 5.63. The summed E-state index contributed by atoms with van der Waals surface area (Å²) >= 11 is 0. The second-order valence-electron chi connectivity index (χ2n) is 3.93. The van der Waals surface area contributed by atoms with Gasteiger partial charge in [0.1, 0.15) is 0 Å². The molecule has 0 aromatic carbocycles. The van der Waals surface area contributed by atoms with Crippen LogP contribution in [0.3, 0.4) is 0 Å². The van der Waals surface area contributed by atoms with Gasteiger partial charge in [-0.15, -0.1) is 0 Å². The summed E-state index contributed by atoms with van der Waals surface area (Å²) in [5, 5.41) is 3.20. The molecule has 17 heavy (non-hydrogen) atoms. The monoisotopic (exact) mass is 240 g/mol. The number of hydrazine groups is 1. The number of nitrogens with one attached hydrogen (secondary N) is 2. The standard InChI is InChI=1S/C10H20N6O/c1-5-6(2)7(3)12-8-13-9(16-11)15-10(14-8)17-4/h6-7H,5,11H2,1-4H3,(H2,12,13,14,15,16). The molecule has 0 aliphatic rings. The van der Waals surface area contributed by atoms with E-state index in [2.05, 4.69) is 46.5 Å². The molecule has 0 bridgehead atoms. The van der Waals surface area contributed by atoms with E-state index in [4.69, 9.17) is 10.6 Å². The number of nitrogen functional groups attached to an aromatic ring is 1. The van der Waals surface area contributed by atoms with Crippen molar-refractivity contribution in [1.29, 1.82) is 0 Å². The highest BCUT2D eigenvalue weighted by atomic mass is 16.5. The van der Waals surface area contributed by atoms with Gasteiger partial charge in [0, 0.05) is 6.04 Å². The van der Waals surface area contributed by atoms with Crippen LogP contribution in [0.15, 0.2) is 0 Å². The zero-order valence-corrected chi connectivity index (χ0v) is 10.7. The molecular weight excluding hydrogens is 220 g/mol. The molecule has 0 aliphatic carbocycles. The van der Waals surface area contributed by atoms with Crippen LogP contribution in [0.2, 0.25) is 0 Å². The Balaban J connectivity index is 2.82. The minimum atomic E-state index is 0.229. The number of aromatic nitrogens is 3. The lowest BCUT2D eigenvalue weighted by Gasteiger charge is -2.19. The van der Waals surface area contributed by atoms with Crippen LogP contribution in [0.5, 0.6) is 6.01 Å². The van der Waals surface area contributed by atoms with E-state index in [1.54, 1.807) is 0 Å². The number of hydrogen-bond donors (Lipinski definition) is 3. The van der Waals surface area contributed by atoms with Crippen molar-refractivity contribution >= 4 is 11.9 Å². The molecule has 1 aromatic rings. The molecule has 0 spiro atoms. The van der Waals surface area contributed by atoms with Crippen LogP contribution < -0.4 is 21.3 Å². The lowest BCUT2D eigenvalue weighted by molar-refractivity contribution is 0.379. The average Bonchev–Trinajstić information content (AvgIpc) is 2.36. The smallest absolute Gasteiger partial charge is 0.322 e. The fraction of sp³-hybridized carbons (Fsp3) is 0.700. The van der Waals surface area contributed by atoms with Gasteiger partial charge in [0.2, 0.25) is 11.9 Å².